The van der Waals surface area contributed by atoms with Crippen LogP contribution in [0.2, 0.25) is 0 Å². The van der Waals surface area contributed by atoms with Gasteiger partial charge in [0.15, 0.2) is 5.88 Å². The molecule has 0 N–H and O–H groups in total. The van der Waals surface area contributed by atoms with Crippen molar-refractivity contribution in [3.63, 3.8) is 0 Å². The second kappa shape index (κ2) is 5.78. The smallest absolute Gasteiger partial charge is 0.454 e. The minimum Gasteiger partial charge on any atom is -0.479 e. The van der Waals surface area contributed by atoms with E-state index in [1.807, 2.05) is 0 Å². The monoisotopic (exact) mass is 275 g/mol. The van der Waals surface area contributed by atoms with Gasteiger partial charge in [0.25, 0.3) is 5.78 Å². The quantitative estimate of drug-likeness (QED) is 0.443. The fourth-order valence-corrected chi connectivity index (χ4v) is 1.57. The number of hydrogen-bond acceptors (Lipinski definition) is 3. The first-order chi connectivity index (χ1) is 8.79. The van der Waals surface area contributed by atoms with E-state index in [0.717, 1.165) is 4.90 Å². The van der Waals surface area contributed by atoms with Gasteiger partial charge in [0.05, 0.1) is 12.7 Å². The van der Waals surface area contributed by atoms with Crippen LogP contribution in [0.4, 0.5) is 13.2 Å². The van der Waals surface area contributed by atoms with Gasteiger partial charge < -0.3 is 4.74 Å². The molecule has 0 aromatic carbocycles. The molecule has 0 aromatic heterocycles. The number of ether oxygens (including phenoxy) is 1. The summed E-state index contributed by atoms with van der Waals surface area (Å²) >= 11 is 0. The normalized spacial score (nSPS) is 20.4. The Morgan fingerprint density at radius 3 is 2.68 bits per heavy atom. The first kappa shape index (κ1) is 15.1. The third kappa shape index (κ3) is 3.74. The molecular formula is C12H12F3NO3. The average Bonchev–Trinajstić information content (AvgIpc) is 2.68. The lowest BCUT2D eigenvalue weighted by atomic mass is 10.1. The van der Waals surface area contributed by atoms with Crippen molar-refractivity contribution in [1.29, 1.82) is 0 Å². The van der Waals surface area contributed by atoms with E-state index in [-0.39, 0.29) is 25.6 Å². The number of alkyl halides is 3. The maximum atomic E-state index is 12.2. The first-order valence-corrected chi connectivity index (χ1v) is 5.51. The second-order valence-corrected chi connectivity index (χ2v) is 3.85. The van der Waals surface area contributed by atoms with Crippen LogP contribution in [0.1, 0.15) is 13.3 Å². The Labute approximate surface area is 108 Å². The summed E-state index contributed by atoms with van der Waals surface area (Å²) in [4.78, 5) is 23.5. The van der Waals surface area contributed by atoms with Crippen LogP contribution < -0.4 is 0 Å². The summed E-state index contributed by atoms with van der Waals surface area (Å²) in [5.74, 6) is -0.985. The van der Waals surface area contributed by atoms with E-state index in [1.165, 1.54) is 6.92 Å². The number of allylic oxidation sites excluding steroid dienone is 1. The van der Waals surface area contributed by atoms with Gasteiger partial charge in [-0.1, -0.05) is 0 Å². The molecule has 0 bridgehead atoms. The van der Waals surface area contributed by atoms with Crippen molar-refractivity contribution in [1.82, 2.24) is 4.90 Å². The summed E-state index contributed by atoms with van der Waals surface area (Å²) in [6.07, 6.45) is 0.470. The van der Waals surface area contributed by atoms with E-state index in [2.05, 4.69) is 5.92 Å². The molecular weight excluding hydrogens is 263 g/mol. The summed E-state index contributed by atoms with van der Waals surface area (Å²) in [7, 11) is 0. The molecule has 1 aliphatic heterocycles. The topological polar surface area (TPSA) is 46.6 Å². The van der Waals surface area contributed by atoms with Gasteiger partial charge in [-0.2, -0.15) is 13.2 Å². The number of halogens is 3. The Hall–Kier alpha value is -1.97. The molecule has 1 aliphatic rings. The van der Waals surface area contributed by atoms with E-state index < -0.39 is 29.7 Å². The zero-order chi connectivity index (χ0) is 14.6. The minimum atomic E-state index is -5.00. The lowest BCUT2D eigenvalue weighted by molar-refractivity contribution is -0.165. The predicted molar refractivity (Wildman–Crippen MR) is 59.4 cm³/mol. The number of amides is 1. The van der Waals surface area contributed by atoms with Crippen molar-refractivity contribution in [2.24, 2.45) is 5.92 Å². The Kier molecular flexibility index (Phi) is 4.59. The van der Waals surface area contributed by atoms with Crippen molar-refractivity contribution in [2.45, 2.75) is 19.5 Å². The molecule has 1 amide bonds. The van der Waals surface area contributed by atoms with Crippen molar-refractivity contribution in [3.05, 3.63) is 12.0 Å². The van der Waals surface area contributed by atoms with E-state index in [0.29, 0.717) is 0 Å². The molecule has 0 aromatic rings. The minimum absolute atomic E-state index is 0.0289. The number of carbonyl (C=O) groups is 2. The lowest BCUT2D eigenvalue weighted by Gasteiger charge is -2.19. The molecule has 7 heteroatoms. The highest BCUT2D eigenvalue weighted by Crippen LogP contribution is 2.24. The van der Waals surface area contributed by atoms with Crippen LogP contribution in [0, 0.1) is 18.3 Å². The summed E-state index contributed by atoms with van der Waals surface area (Å²) < 4.78 is 41.5. The van der Waals surface area contributed by atoms with Crippen molar-refractivity contribution in [2.75, 3.05) is 13.2 Å². The third-order valence-electron chi connectivity index (χ3n) is 2.45. The Morgan fingerprint density at radius 1 is 1.63 bits per heavy atom. The molecule has 19 heavy (non-hydrogen) atoms. The number of nitrogens with zero attached hydrogens (tertiary/aromatic N) is 1. The molecule has 4 nitrogen and oxygen atoms in total. The zero-order valence-corrected chi connectivity index (χ0v) is 10.2. The van der Waals surface area contributed by atoms with Gasteiger partial charge in [0, 0.05) is 18.9 Å². The van der Waals surface area contributed by atoms with Gasteiger partial charge in [-0.05, 0) is 6.92 Å². The molecule has 1 fully saturated rings. The molecule has 1 saturated heterocycles. The van der Waals surface area contributed by atoms with Crippen LogP contribution in [-0.2, 0) is 14.3 Å². The van der Waals surface area contributed by atoms with Gasteiger partial charge in [0.1, 0.15) is 0 Å². The van der Waals surface area contributed by atoms with Crippen LogP contribution in [-0.4, -0.2) is 35.9 Å². The van der Waals surface area contributed by atoms with Gasteiger partial charge >= 0.3 is 6.18 Å². The molecule has 1 atom stereocenters. The summed E-state index contributed by atoms with van der Waals surface area (Å²) in [5, 5.41) is 0. The molecule has 1 heterocycles. The maximum absolute atomic E-state index is 12.2. The van der Waals surface area contributed by atoms with Crippen molar-refractivity contribution in [3.8, 4) is 12.3 Å². The standard InChI is InChI=1S/C12H12F3NO3/c1-3-8-5-10(18)16(7-8)11(19-4-2)6-9(17)12(13,14)15/h1,6,8H,4-5,7H2,2H3. The Morgan fingerprint density at radius 2 is 2.26 bits per heavy atom. The second-order valence-electron chi connectivity index (χ2n) is 3.85. The Bertz CT molecular complexity index is 448. The number of carbonyl (C=O) groups excluding carboxylic acids is 2. The van der Waals surface area contributed by atoms with E-state index in [4.69, 9.17) is 11.2 Å². The van der Waals surface area contributed by atoms with Crippen LogP contribution >= 0.6 is 0 Å². The van der Waals surface area contributed by atoms with Gasteiger partial charge in [0.2, 0.25) is 5.91 Å². The van der Waals surface area contributed by atoms with Gasteiger partial charge in [-0.15, -0.1) is 12.3 Å². The van der Waals surface area contributed by atoms with Gasteiger partial charge in [-0.3, -0.25) is 14.5 Å². The van der Waals surface area contributed by atoms with E-state index in [1.54, 1.807) is 0 Å². The van der Waals surface area contributed by atoms with Crippen LogP contribution in [0.5, 0.6) is 0 Å². The molecule has 0 spiro atoms. The highest BCUT2D eigenvalue weighted by atomic mass is 19.4. The SMILES string of the molecule is C#CC1CC(=O)N(C(=CC(=O)C(F)(F)F)OCC)C1. The van der Waals surface area contributed by atoms with Crippen molar-refractivity contribution < 1.29 is 27.5 Å². The summed E-state index contributed by atoms with van der Waals surface area (Å²) in [5.41, 5.74) is 0. The Balaban J connectivity index is 2.96. The summed E-state index contributed by atoms with van der Waals surface area (Å²) in [6.45, 7) is 1.61. The molecule has 0 radical (unpaired) electrons. The first-order valence-electron chi connectivity index (χ1n) is 5.51. The molecule has 0 aliphatic carbocycles. The van der Waals surface area contributed by atoms with Crippen LogP contribution in [0.15, 0.2) is 12.0 Å². The fraction of sp³-hybridized carbons (Fsp3) is 0.500. The highest BCUT2D eigenvalue weighted by Gasteiger charge is 2.39. The third-order valence-corrected chi connectivity index (χ3v) is 2.45. The number of hydrogen-bond donors (Lipinski definition) is 0. The maximum Gasteiger partial charge on any atom is 0.454 e. The van der Waals surface area contributed by atoms with Crippen LogP contribution in [0.3, 0.4) is 0 Å². The average molecular weight is 275 g/mol. The number of likely N-dealkylation sites (tertiary alicyclic amines) is 1. The van der Waals surface area contributed by atoms with E-state index in [9.17, 15) is 22.8 Å². The zero-order valence-electron chi connectivity index (χ0n) is 10.2. The lowest BCUT2D eigenvalue weighted by Crippen LogP contribution is -2.29. The fourth-order valence-electron chi connectivity index (χ4n) is 1.57. The highest BCUT2D eigenvalue weighted by molar-refractivity contribution is 5.95. The van der Waals surface area contributed by atoms with E-state index >= 15 is 0 Å². The van der Waals surface area contributed by atoms with Crippen LogP contribution in [0.25, 0.3) is 0 Å². The summed E-state index contributed by atoms with van der Waals surface area (Å²) in [6, 6.07) is 0. The molecule has 0 saturated carbocycles. The number of rotatable bonds is 4. The molecule has 1 unspecified atom stereocenters. The number of ketones is 1. The number of terminal acetylenes is 1. The van der Waals surface area contributed by atoms with Crippen molar-refractivity contribution >= 4 is 11.7 Å². The predicted octanol–water partition coefficient (Wildman–Crippen LogP) is 1.48. The molecule has 1 rings (SSSR count). The molecule has 104 valence electrons. The van der Waals surface area contributed by atoms with Gasteiger partial charge in [-0.25, -0.2) is 0 Å². The largest absolute Gasteiger partial charge is 0.479 e.